The summed E-state index contributed by atoms with van der Waals surface area (Å²) in [7, 11) is 1.32. The number of likely N-dealkylation sites (tertiary alicyclic amines) is 1. The average molecular weight is 237 g/mol. The van der Waals surface area contributed by atoms with Crippen LogP contribution in [-0.2, 0) is 14.3 Å². The highest BCUT2D eigenvalue weighted by molar-refractivity contribution is 5.83. The monoisotopic (exact) mass is 237 g/mol. The van der Waals surface area contributed by atoms with Crippen molar-refractivity contribution >= 4 is 11.9 Å². The van der Waals surface area contributed by atoms with Crippen LogP contribution in [0, 0.1) is 0 Å². The minimum Gasteiger partial charge on any atom is -0.469 e. The number of carbonyl (C=O) groups is 2. The molecule has 1 saturated heterocycles. The first-order chi connectivity index (χ1) is 8.20. The van der Waals surface area contributed by atoms with E-state index in [0.717, 1.165) is 12.2 Å². The molecular formula is C12H15NO4. The number of hydrogen-bond acceptors (Lipinski definition) is 4. The molecule has 1 aliphatic heterocycles. The molecular weight excluding hydrogens is 222 g/mol. The Balaban J connectivity index is 1.93. The molecule has 0 radical (unpaired) electrons. The zero-order valence-corrected chi connectivity index (χ0v) is 9.72. The van der Waals surface area contributed by atoms with Crippen LogP contribution in [0.1, 0.15) is 24.5 Å². The summed E-state index contributed by atoms with van der Waals surface area (Å²) in [5.41, 5.74) is 0. The molecule has 1 aromatic heterocycles. The Morgan fingerprint density at radius 3 is 3.06 bits per heavy atom. The van der Waals surface area contributed by atoms with E-state index in [2.05, 4.69) is 4.74 Å². The molecule has 1 aromatic rings. The SMILES string of the molecule is COC(=O)CN1CC[C@H](c2ccco2)CC1=O. The summed E-state index contributed by atoms with van der Waals surface area (Å²) in [4.78, 5) is 24.5. The van der Waals surface area contributed by atoms with Crippen molar-refractivity contribution in [2.45, 2.75) is 18.8 Å². The standard InChI is InChI=1S/C12H15NO4/c1-16-12(15)8-13-5-4-9(7-11(13)14)10-3-2-6-17-10/h2-3,6,9H,4-5,7-8H2,1H3/t9-/m0/s1. The van der Waals surface area contributed by atoms with Crippen LogP contribution in [-0.4, -0.2) is 37.0 Å². The molecule has 2 rings (SSSR count). The lowest BCUT2D eigenvalue weighted by Gasteiger charge is -2.29. The van der Waals surface area contributed by atoms with E-state index in [9.17, 15) is 9.59 Å². The first-order valence-corrected chi connectivity index (χ1v) is 5.58. The van der Waals surface area contributed by atoms with Gasteiger partial charge in [-0.15, -0.1) is 0 Å². The van der Waals surface area contributed by atoms with E-state index in [4.69, 9.17) is 4.42 Å². The van der Waals surface area contributed by atoms with Crippen molar-refractivity contribution in [1.29, 1.82) is 0 Å². The van der Waals surface area contributed by atoms with Gasteiger partial charge in [0, 0.05) is 18.9 Å². The molecule has 5 heteroatoms. The van der Waals surface area contributed by atoms with Gasteiger partial charge in [-0.05, 0) is 18.6 Å². The van der Waals surface area contributed by atoms with E-state index in [1.165, 1.54) is 12.0 Å². The molecule has 1 amide bonds. The van der Waals surface area contributed by atoms with Crippen molar-refractivity contribution < 1.29 is 18.7 Å². The van der Waals surface area contributed by atoms with Gasteiger partial charge in [0.2, 0.25) is 5.91 Å². The van der Waals surface area contributed by atoms with Gasteiger partial charge in [0.25, 0.3) is 0 Å². The number of rotatable bonds is 3. The van der Waals surface area contributed by atoms with Crippen LogP contribution in [0.25, 0.3) is 0 Å². The summed E-state index contributed by atoms with van der Waals surface area (Å²) >= 11 is 0. The van der Waals surface area contributed by atoms with Crippen LogP contribution in [0.5, 0.6) is 0 Å². The number of esters is 1. The van der Waals surface area contributed by atoms with Crippen LogP contribution in [0.3, 0.4) is 0 Å². The van der Waals surface area contributed by atoms with Gasteiger partial charge in [-0.1, -0.05) is 0 Å². The maximum Gasteiger partial charge on any atom is 0.325 e. The normalized spacial score (nSPS) is 20.4. The summed E-state index contributed by atoms with van der Waals surface area (Å²) < 4.78 is 9.85. The molecule has 2 heterocycles. The lowest BCUT2D eigenvalue weighted by Crippen LogP contribution is -2.41. The van der Waals surface area contributed by atoms with Gasteiger partial charge < -0.3 is 14.1 Å². The number of methoxy groups -OCH3 is 1. The predicted molar refractivity (Wildman–Crippen MR) is 59.3 cm³/mol. The first-order valence-electron chi connectivity index (χ1n) is 5.58. The Kier molecular flexibility index (Phi) is 3.46. The highest BCUT2D eigenvalue weighted by Gasteiger charge is 2.29. The third kappa shape index (κ3) is 2.67. The summed E-state index contributed by atoms with van der Waals surface area (Å²) in [6, 6.07) is 3.70. The zero-order chi connectivity index (χ0) is 12.3. The molecule has 0 unspecified atom stereocenters. The fourth-order valence-corrected chi connectivity index (χ4v) is 2.03. The van der Waals surface area contributed by atoms with E-state index >= 15 is 0 Å². The van der Waals surface area contributed by atoms with Crippen molar-refractivity contribution in [2.75, 3.05) is 20.2 Å². The van der Waals surface area contributed by atoms with E-state index in [0.29, 0.717) is 13.0 Å². The molecule has 0 aromatic carbocycles. The third-order valence-corrected chi connectivity index (χ3v) is 3.01. The fraction of sp³-hybridized carbons (Fsp3) is 0.500. The van der Waals surface area contributed by atoms with Crippen LogP contribution < -0.4 is 0 Å². The first kappa shape index (κ1) is 11.7. The molecule has 5 nitrogen and oxygen atoms in total. The highest BCUT2D eigenvalue weighted by atomic mass is 16.5. The molecule has 0 saturated carbocycles. The van der Waals surface area contributed by atoms with Crippen molar-refractivity contribution in [3.8, 4) is 0 Å². The Morgan fingerprint density at radius 2 is 2.47 bits per heavy atom. The maximum absolute atomic E-state index is 11.8. The van der Waals surface area contributed by atoms with Gasteiger partial charge in [0.05, 0.1) is 13.4 Å². The minimum atomic E-state index is -0.380. The van der Waals surface area contributed by atoms with Crippen molar-refractivity contribution in [3.05, 3.63) is 24.2 Å². The van der Waals surface area contributed by atoms with E-state index in [-0.39, 0.29) is 24.3 Å². The van der Waals surface area contributed by atoms with Crippen LogP contribution in [0.4, 0.5) is 0 Å². The molecule has 1 fully saturated rings. The summed E-state index contributed by atoms with van der Waals surface area (Å²) in [5, 5.41) is 0. The van der Waals surface area contributed by atoms with Crippen molar-refractivity contribution in [2.24, 2.45) is 0 Å². The topological polar surface area (TPSA) is 59.8 Å². The lowest BCUT2D eigenvalue weighted by molar-refractivity contribution is -0.148. The van der Waals surface area contributed by atoms with Crippen LogP contribution in [0.2, 0.25) is 0 Å². The fourth-order valence-electron chi connectivity index (χ4n) is 2.03. The quantitative estimate of drug-likeness (QED) is 0.740. The number of hydrogen-bond donors (Lipinski definition) is 0. The van der Waals surface area contributed by atoms with Gasteiger partial charge in [-0.25, -0.2) is 0 Å². The maximum atomic E-state index is 11.8. The van der Waals surface area contributed by atoms with Crippen molar-refractivity contribution in [1.82, 2.24) is 4.90 Å². The van der Waals surface area contributed by atoms with Crippen LogP contribution >= 0.6 is 0 Å². The number of piperidine rings is 1. The van der Waals surface area contributed by atoms with E-state index < -0.39 is 0 Å². The smallest absolute Gasteiger partial charge is 0.325 e. The van der Waals surface area contributed by atoms with Crippen LogP contribution in [0.15, 0.2) is 22.8 Å². The second-order valence-electron chi connectivity index (χ2n) is 4.10. The zero-order valence-electron chi connectivity index (χ0n) is 9.72. The minimum absolute atomic E-state index is 0.0250. The van der Waals surface area contributed by atoms with Gasteiger partial charge in [-0.2, -0.15) is 0 Å². The molecule has 0 spiro atoms. The second-order valence-corrected chi connectivity index (χ2v) is 4.10. The molecule has 1 aliphatic rings. The Labute approximate surface area is 99.3 Å². The molecule has 92 valence electrons. The molecule has 0 N–H and O–H groups in total. The molecule has 17 heavy (non-hydrogen) atoms. The number of furan rings is 1. The predicted octanol–water partition coefficient (Wildman–Crippen LogP) is 1.16. The second kappa shape index (κ2) is 5.03. The Bertz CT molecular complexity index is 399. The number of nitrogens with zero attached hydrogens (tertiary/aromatic N) is 1. The average Bonchev–Trinajstić information content (AvgIpc) is 2.85. The van der Waals surface area contributed by atoms with E-state index in [1.807, 2.05) is 12.1 Å². The van der Waals surface area contributed by atoms with E-state index in [1.54, 1.807) is 6.26 Å². The van der Waals surface area contributed by atoms with Crippen molar-refractivity contribution in [3.63, 3.8) is 0 Å². The summed E-state index contributed by atoms with van der Waals surface area (Å²) in [5.74, 6) is 0.570. The van der Waals surface area contributed by atoms with Gasteiger partial charge in [-0.3, -0.25) is 9.59 Å². The van der Waals surface area contributed by atoms with Gasteiger partial charge in [0.1, 0.15) is 12.3 Å². The number of ether oxygens (including phenoxy) is 1. The van der Waals surface area contributed by atoms with Gasteiger partial charge >= 0.3 is 5.97 Å². The lowest BCUT2D eigenvalue weighted by atomic mass is 9.94. The number of carbonyl (C=O) groups excluding carboxylic acids is 2. The molecule has 0 bridgehead atoms. The summed E-state index contributed by atoms with van der Waals surface area (Å²) in [6.45, 7) is 0.611. The Morgan fingerprint density at radius 1 is 1.65 bits per heavy atom. The summed E-state index contributed by atoms with van der Waals surface area (Å²) in [6.07, 6.45) is 2.82. The molecule has 1 atom stereocenters. The third-order valence-electron chi connectivity index (χ3n) is 3.01. The molecule has 0 aliphatic carbocycles. The largest absolute Gasteiger partial charge is 0.469 e. The number of amides is 1. The Hall–Kier alpha value is -1.78. The highest BCUT2D eigenvalue weighted by Crippen LogP contribution is 2.28. The van der Waals surface area contributed by atoms with Gasteiger partial charge in [0.15, 0.2) is 0 Å².